The van der Waals surface area contributed by atoms with Gasteiger partial charge in [0.05, 0.1) is 11.0 Å². The molecule has 0 unspecified atom stereocenters. The molecule has 130 valence electrons. The van der Waals surface area contributed by atoms with Gasteiger partial charge in [-0.1, -0.05) is 17.3 Å². The SMILES string of the molecule is O=c1c2c(-c3noc(C4CC4)n3)ncn2c2ccccc2n1CC1CC1. The standard InChI is InChI=1S/C19H17N5O2/c25-19-16-15(17-21-18(26-22-17)12-7-8-12)20-10-24(16)14-4-2-1-3-13(14)23(19)9-11-5-6-11/h1-4,10-12H,5-9H2. The summed E-state index contributed by atoms with van der Waals surface area (Å²) in [5.74, 6) is 2.02. The van der Waals surface area contributed by atoms with Crippen molar-refractivity contribution in [2.24, 2.45) is 5.92 Å². The van der Waals surface area contributed by atoms with Gasteiger partial charge in [0.1, 0.15) is 17.5 Å². The van der Waals surface area contributed by atoms with E-state index in [1.54, 1.807) is 6.33 Å². The Bertz CT molecular complexity index is 1210. The summed E-state index contributed by atoms with van der Waals surface area (Å²) in [4.78, 5) is 22.3. The Morgan fingerprint density at radius 3 is 2.69 bits per heavy atom. The van der Waals surface area contributed by atoms with Gasteiger partial charge in [-0.05, 0) is 43.7 Å². The second-order valence-electron chi connectivity index (χ2n) is 7.39. The quantitative estimate of drug-likeness (QED) is 0.567. The molecule has 26 heavy (non-hydrogen) atoms. The molecule has 0 aliphatic heterocycles. The largest absolute Gasteiger partial charge is 0.339 e. The summed E-state index contributed by atoms with van der Waals surface area (Å²) in [6.07, 6.45) is 6.24. The molecule has 0 spiro atoms. The Hall–Kier alpha value is -2.96. The number of fused-ring (bicyclic) bond motifs is 3. The topological polar surface area (TPSA) is 78.2 Å². The number of nitrogens with zero attached hydrogens (tertiary/aromatic N) is 5. The third-order valence-electron chi connectivity index (χ3n) is 5.37. The Balaban J connectivity index is 1.63. The van der Waals surface area contributed by atoms with Crippen molar-refractivity contribution in [1.29, 1.82) is 0 Å². The molecular formula is C19H17N5O2. The highest BCUT2D eigenvalue weighted by molar-refractivity contribution is 5.83. The summed E-state index contributed by atoms with van der Waals surface area (Å²) < 4.78 is 9.11. The van der Waals surface area contributed by atoms with Crippen molar-refractivity contribution in [3.8, 4) is 11.5 Å². The molecule has 4 aromatic rings. The van der Waals surface area contributed by atoms with Crippen LogP contribution in [0, 0.1) is 5.92 Å². The predicted octanol–water partition coefficient (Wildman–Crippen LogP) is 2.99. The Morgan fingerprint density at radius 2 is 1.92 bits per heavy atom. The number of imidazole rings is 1. The van der Waals surface area contributed by atoms with E-state index in [1.807, 2.05) is 33.2 Å². The summed E-state index contributed by atoms with van der Waals surface area (Å²) in [6.45, 7) is 0.750. The van der Waals surface area contributed by atoms with Crippen LogP contribution in [0.25, 0.3) is 28.1 Å². The van der Waals surface area contributed by atoms with Gasteiger partial charge in [-0.3, -0.25) is 9.20 Å². The molecule has 7 heteroatoms. The van der Waals surface area contributed by atoms with Gasteiger partial charge in [0, 0.05) is 12.5 Å². The monoisotopic (exact) mass is 347 g/mol. The van der Waals surface area contributed by atoms with Crippen molar-refractivity contribution >= 4 is 16.6 Å². The van der Waals surface area contributed by atoms with Crippen molar-refractivity contribution in [3.05, 3.63) is 46.8 Å². The van der Waals surface area contributed by atoms with Crippen molar-refractivity contribution < 1.29 is 4.52 Å². The first-order valence-electron chi connectivity index (χ1n) is 9.12. The third kappa shape index (κ3) is 2.06. The van der Waals surface area contributed by atoms with Crippen molar-refractivity contribution in [2.75, 3.05) is 0 Å². The minimum atomic E-state index is -0.0409. The number of para-hydroxylation sites is 2. The Morgan fingerprint density at radius 1 is 1.12 bits per heavy atom. The van der Waals surface area contributed by atoms with Crippen molar-refractivity contribution in [3.63, 3.8) is 0 Å². The first-order chi connectivity index (χ1) is 12.8. The molecule has 7 nitrogen and oxygen atoms in total. The number of rotatable bonds is 4. The van der Waals surface area contributed by atoms with Crippen LogP contribution in [0.1, 0.15) is 37.5 Å². The van der Waals surface area contributed by atoms with E-state index < -0.39 is 0 Å². The minimum absolute atomic E-state index is 0.0409. The van der Waals surface area contributed by atoms with Gasteiger partial charge in [-0.15, -0.1) is 0 Å². The van der Waals surface area contributed by atoms with E-state index in [-0.39, 0.29) is 5.56 Å². The molecule has 2 aliphatic carbocycles. The smallest absolute Gasteiger partial charge is 0.277 e. The second-order valence-corrected chi connectivity index (χ2v) is 7.39. The highest BCUT2D eigenvalue weighted by Gasteiger charge is 2.31. The van der Waals surface area contributed by atoms with E-state index in [0.717, 1.165) is 30.4 Å². The molecule has 0 amide bonds. The molecule has 0 saturated heterocycles. The zero-order chi connectivity index (χ0) is 17.3. The van der Waals surface area contributed by atoms with Crippen LogP contribution in [-0.2, 0) is 6.54 Å². The van der Waals surface area contributed by atoms with Gasteiger partial charge in [0.25, 0.3) is 5.56 Å². The average molecular weight is 347 g/mol. The van der Waals surface area contributed by atoms with Gasteiger partial charge in [0.15, 0.2) is 0 Å². The van der Waals surface area contributed by atoms with Gasteiger partial charge in [-0.2, -0.15) is 4.98 Å². The molecule has 3 heterocycles. The number of aromatic nitrogens is 5. The fraction of sp³-hybridized carbons (Fsp3) is 0.368. The fourth-order valence-electron chi connectivity index (χ4n) is 3.60. The van der Waals surface area contributed by atoms with Crippen LogP contribution in [0.5, 0.6) is 0 Å². The van der Waals surface area contributed by atoms with E-state index in [4.69, 9.17) is 4.52 Å². The predicted molar refractivity (Wildman–Crippen MR) is 94.9 cm³/mol. The van der Waals surface area contributed by atoms with Crippen LogP contribution in [0.2, 0.25) is 0 Å². The van der Waals surface area contributed by atoms with Crippen LogP contribution in [0.4, 0.5) is 0 Å². The normalized spacial score (nSPS) is 17.4. The number of benzene rings is 1. The molecule has 3 aromatic heterocycles. The first kappa shape index (κ1) is 14.2. The molecule has 0 radical (unpaired) electrons. The Labute approximate surface area is 148 Å². The van der Waals surface area contributed by atoms with E-state index in [0.29, 0.717) is 34.8 Å². The number of hydrogen-bond donors (Lipinski definition) is 0. The summed E-state index contributed by atoms with van der Waals surface area (Å²) in [7, 11) is 0. The van der Waals surface area contributed by atoms with Crippen LogP contribution >= 0.6 is 0 Å². The second kappa shape index (κ2) is 5.03. The van der Waals surface area contributed by atoms with Crippen molar-refractivity contribution in [1.82, 2.24) is 24.1 Å². The van der Waals surface area contributed by atoms with Gasteiger partial charge >= 0.3 is 0 Å². The molecular weight excluding hydrogens is 330 g/mol. The molecule has 2 aliphatic rings. The zero-order valence-corrected chi connectivity index (χ0v) is 14.1. The highest BCUT2D eigenvalue weighted by Crippen LogP contribution is 2.39. The summed E-state index contributed by atoms with van der Waals surface area (Å²) in [5.41, 5.74) is 2.88. The lowest BCUT2D eigenvalue weighted by molar-refractivity contribution is 0.380. The van der Waals surface area contributed by atoms with Crippen LogP contribution in [-0.4, -0.2) is 24.1 Å². The van der Waals surface area contributed by atoms with E-state index in [9.17, 15) is 4.79 Å². The maximum absolute atomic E-state index is 13.3. The summed E-state index contributed by atoms with van der Waals surface area (Å²) in [5, 5.41) is 4.08. The molecule has 0 N–H and O–H groups in total. The lowest BCUT2D eigenvalue weighted by atomic mass is 10.2. The maximum atomic E-state index is 13.3. The zero-order valence-electron chi connectivity index (χ0n) is 14.1. The molecule has 0 atom stereocenters. The number of hydrogen-bond acceptors (Lipinski definition) is 5. The van der Waals surface area contributed by atoms with Gasteiger partial charge in [-0.25, -0.2) is 4.98 Å². The van der Waals surface area contributed by atoms with Gasteiger partial charge in [0.2, 0.25) is 11.7 Å². The van der Waals surface area contributed by atoms with E-state index in [2.05, 4.69) is 15.1 Å². The van der Waals surface area contributed by atoms with Gasteiger partial charge < -0.3 is 9.09 Å². The maximum Gasteiger partial charge on any atom is 0.277 e. The Kier molecular flexibility index (Phi) is 2.75. The lowest BCUT2D eigenvalue weighted by Gasteiger charge is -2.11. The highest BCUT2D eigenvalue weighted by atomic mass is 16.5. The molecule has 0 bridgehead atoms. The summed E-state index contributed by atoms with van der Waals surface area (Å²) in [6, 6.07) is 7.96. The molecule has 2 saturated carbocycles. The molecule has 6 rings (SSSR count). The third-order valence-corrected chi connectivity index (χ3v) is 5.37. The van der Waals surface area contributed by atoms with E-state index in [1.165, 1.54) is 12.8 Å². The lowest BCUT2D eigenvalue weighted by Crippen LogP contribution is -2.24. The van der Waals surface area contributed by atoms with Crippen LogP contribution < -0.4 is 5.56 Å². The minimum Gasteiger partial charge on any atom is -0.339 e. The van der Waals surface area contributed by atoms with Crippen LogP contribution in [0.3, 0.4) is 0 Å². The molecule has 2 fully saturated rings. The average Bonchev–Trinajstić information content (AvgIpc) is 3.58. The molecule has 1 aromatic carbocycles. The van der Waals surface area contributed by atoms with E-state index >= 15 is 0 Å². The van der Waals surface area contributed by atoms with Crippen molar-refractivity contribution in [2.45, 2.75) is 38.1 Å². The fourth-order valence-corrected chi connectivity index (χ4v) is 3.60. The van der Waals surface area contributed by atoms with Crippen LogP contribution in [0.15, 0.2) is 39.9 Å². The first-order valence-corrected chi connectivity index (χ1v) is 9.12. The summed E-state index contributed by atoms with van der Waals surface area (Å²) >= 11 is 0.